The number of aromatic nitrogens is 1. The number of piperazine rings is 1. The normalized spacial score (nSPS) is 14.6. The summed E-state index contributed by atoms with van der Waals surface area (Å²) in [4.78, 5) is 19.9. The summed E-state index contributed by atoms with van der Waals surface area (Å²) in [5, 5.41) is 8.46. The Hall–Kier alpha value is -3.38. The van der Waals surface area contributed by atoms with E-state index in [1.54, 1.807) is 11.7 Å². The smallest absolute Gasteiger partial charge is 0.267 e. The number of para-hydroxylation sites is 1. The van der Waals surface area contributed by atoms with Gasteiger partial charge in [-0.25, -0.2) is 5.48 Å². The van der Waals surface area contributed by atoms with Gasteiger partial charge in [0.1, 0.15) is 0 Å². The molecule has 1 aliphatic heterocycles. The molecular formula is C22H24N4O2. The second-order valence-corrected chi connectivity index (χ2v) is 6.46. The lowest BCUT2D eigenvalue weighted by Crippen LogP contribution is -2.45. The van der Waals surface area contributed by atoms with Crippen LogP contribution in [0.1, 0.15) is 11.3 Å². The zero-order valence-corrected chi connectivity index (χ0v) is 15.7. The van der Waals surface area contributed by atoms with Gasteiger partial charge in [0.05, 0.1) is 5.69 Å². The minimum atomic E-state index is -0.588. The molecule has 1 aliphatic rings. The van der Waals surface area contributed by atoms with E-state index in [4.69, 9.17) is 5.21 Å². The van der Waals surface area contributed by atoms with Crippen molar-refractivity contribution in [1.82, 2.24) is 15.4 Å². The molecule has 6 heteroatoms. The standard InChI is InChI=1S/C22H24N4O2/c1-18(25-13-15-26(16-14-25)21-5-3-2-4-6-21)7-8-19-9-10-20(23-17-19)11-12-22(27)24-28/h2-12,17,28H,1,13-16H2,(H,24,27)/b8-7+,12-11+. The van der Waals surface area contributed by atoms with E-state index in [-0.39, 0.29) is 0 Å². The van der Waals surface area contributed by atoms with Gasteiger partial charge in [0.15, 0.2) is 0 Å². The van der Waals surface area contributed by atoms with Gasteiger partial charge in [0, 0.05) is 49.8 Å². The van der Waals surface area contributed by atoms with Crippen LogP contribution in [0.2, 0.25) is 0 Å². The zero-order valence-electron chi connectivity index (χ0n) is 15.7. The number of nitrogens with zero attached hydrogens (tertiary/aromatic N) is 3. The van der Waals surface area contributed by atoms with Gasteiger partial charge in [-0.3, -0.25) is 15.0 Å². The summed E-state index contributed by atoms with van der Waals surface area (Å²) in [6.45, 7) is 8.01. The monoisotopic (exact) mass is 376 g/mol. The Morgan fingerprint density at radius 1 is 1.04 bits per heavy atom. The molecule has 3 rings (SSSR count). The van der Waals surface area contributed by atoms with Crippen molar-refractivity contribution in [3.8, 4) is 0 Å². The van der Waals surface area contributed by atoms with Crippen LogP contribution in [0.25, 0.3) is 12.2 Å². The Kier molecular flexibility index (Phi) is 6.59. The van der Waals surface area contributed by atoms with E-state index in [1.165, 1.54) is 17.8 Å². The molecule has 1 aromatic heterocycles. The van der Waals surface area contributed by atoms with E-state index in [9.17, 15) is 4.79 Å². The van der Waals surface area contributed by atoms with Crippen molar-refractivity contribution in [3.05, 3.63) is 84.3 Å². The fraction of sp³-hybridized carbons (Fsp3) is 0.182. The molecule has 0 saturated carbocycles. The highest BCUT2D eigenvalue weighted by atomic mass is 16.5. The second-order valence-electron chi connectivity index (χ2n) is 6.46. The first kappa shape index (κ1) is 19.4. The third kappa shape index (κ3) is 5.31. The van der Waals surface area contributed by atoms with Gasteiger partial charge in [0.25, 0.3) is 5.91 Å². The Labute approximate surface area is 165 Å². The van der Waals surface area contributed by atoms with Crippen molar-refractivity contribution in [2.75, 3.05) is 31.1 Å². The number of hydrogen-bond donors (Lipinski definition) is 2. The first-order valence-corrected chi connectivity index (χ1v) is 9.16. The molecule has 1 fully saturated rings. The number of hydrogen-bond acceptors (Lipinski definition) is 5. The van der Waals surface area contributed by atoms with Gasteiger partial charge in [-0.15, -0.1) is 0 Å². The third-order valence-corrected chi connectivity index (χ3v) is 4.60. The molecule has 1 amide bonds. The molecule has 2 heterocycles. The van der Waals surface area contributed by atoms with E-state index in [2.05, 4.69) is 45.6 Å². The average Bonchev–Trinajstić information content (AvgIpc) is 2.77. The van der Waals surface area contributed by atoms with Gasteiger partial charge >= 0.3 is 0 Å². The highest BCUT2D eigenvalue weighted by Crippen LogP contribution is 2.18. The van der Waals surface area contributed by atoms with Crippen LogP contribution in [-0.4, -0.2) is 47.2 Å². The Balaban J connectivity index is 1.51. The molecule has 144 valence electrons. The van der Waals surface area contributed by atoms with E-state index < -0.39 is 5.91 Å². The van der Waals surface area contributed by atoms with Crippen LogP contribution in [0.4, 0.5) is 5.69 Å². The van der Waals surface area contributed by atoms with Crippen LogP contribution in [0.3, 0.4) is 0 Å². The molecule has 0 atom stereocenters. The number of carbonyl (C=O) groups is 1. The van der Waals surface area contributed by atoms with Crippen LogP contribution in [0.15, 0.2) is 73.1 Å². The third-order valence-electron chi connectivity index (χ3n) is 4.60. The Bertz CT molecular complexity index is 852. The highest BCUT2D eigenvalue weighted by Gasteiger charge is 2.16. The molecule has 2 N–H and O–H groups in total. The maximum Gasteiger partial charge on any atom is 0.267 e. The predicted octanol–water partition coefficient (Wildman–Crippen LogP) is 2.95. The summed E-state index contributed by atoms with van der Waals surface area (Å²) in [5.74, 6) is -0.588. The maximum atomic E-state index is 11.0. The van der Waals surface area contributed by atoms with E-state index in [0.717, 1.165) is 37.4 Å². The molecule has 2 aromatic rings. The van der Waals surface area contributed by atoms with Crippen LogP contribution < -0.4 is 10.4 Å². The van der Waals surface area contributed by atoms with E-state index >= 15 is 0 Å². The molecule has 0 spiro atoms. The number of anilines is 1. The van der Waals surface area contributed by atoms with Crippen molar-refractivity contribution >= 4 is 23.7 Å². The number of nitrogens with one attached hydrogen (secondary N) is 1. The van der Waals surface area contributed by atoms with Crippen LogP contribution in [-0.2, 0) is 4.79 Å². The first-order valence-electron chi connectivity index (χ1n) is 9.16. The number of carbonyl (C=O) groups excluding carboxylic acids is 1. The first-order chi connectivity index (χ1) is 13.7. The van der Waals surface area contributed by atoms with Crippen LogP contribution >= 0.6 is 0 Å². The number of benzene rings is 1. The van der Waals surface area contributed by atoms with Gasteiger partial charge in [-0.2, -0.15) is 0 Å². The lowest BCUT2D eigenvalue weighted by atomic mass is 10.2. The lowest BCUT2D eigenvalue weighted by Gasteiger charge is -2.37. The van der Waals surface area contributed by atoms with Crippen molar-refractivity contribution < 1.29 is 10.0 Å². The topological polar surface area (TPSA) is 68.7 Å². The molecule has 6 nitrogen and oxygen atoms in total. The predicted molar refractivity (Wildman–Crippen MR) is 112 cm³/mol. The van der Waals surface area contributed by atoms with Crippen LogP contribution in [0, 0.1) is 0 Å². The van der Waals surface area contributed by atoms with Crippen molar-refractivity contribution in [2.45, 2.75) is 0 Å². The molecule has 1 aromatic carbocycles. The molecule has 0 bridgehead atoms. The fourth-order valence-electron chi connectivity index (χ4n) is 3.00. The zero-order chi connectivity index (χ0) is 19.8. The van der Waals surface area contributed by atoms with Crippen molar-refractivity contribution in [3.63, 3.8) is 0 Å². The van der Waals surface area contributed by atoms with Gasteiger partial charge in [-0.1, -0.05) is 36.9 Å². The number of hydroxylamine groups is 1. The second kappa shape index (κ2) is 9.53. The van der Waals surface area contributed by atoms with Gasteiger partial charge in [0.2, 0.25) is 0 Å². The summed E-state index contributed by atoms with van der Waals surface area (Å²) < 4.78 is 0. The number of amides is 1. The number of pyridine rings is 1. The van der Waals surface area contributed by atoms with Crippen LogP contribution in [0.5, 0.6) is 0 Å². The SMILES string of the molecule is C=C(/C=C/c1ccc(/C=C/C(=O)NO)nc1)N1CCN(c2ccccc2)CC1. The van der Waals surface area contributed by atoms with Crippen molar-refractivity contribution in [2.24, 2.45) is 0 Å². The average molecular weight is 376 g/mol. The molecular weight excluding hydrogens is 352 g/mol. The number of rotatable bonds is 6. The van der Waals surface area contributed by atoms with E-state index in [0.29, 0.717) is 5.69 Å². The molecule has 0 radical (unpaired) electrons. The summed E-state index contributed by atoms with van der Waals surface area (Å²) in [6.07, 6.45) is 8.46. The highest BCUT2D eigenvalue weighted by molar-refractivity contribution is 5.90. The molecule has 0 aliphatic carbocycles. The van der Waals surface area contributed by atoms with Gasteiger partial charge < -0.3 is 9.80 Å². The van der Waals surface area contributed by atoms with Gasteiger partial charge in [-0.05, 0) is 35.9 Å². The Morgan fingerprint density at radius 3 is 2.43 bits per heavy atom. The lowest BCUT2D eigenvalue weighted by molar-refractivity contribution is -0.124. The fourth-order valence-corrected chi connectivity index (χ4v) is 3.00. The summed E-state index contributed by atoms with van der Waals surface area (Å²) in [6, 6.07) is 14.2. The summed E-state index contributed by atoms with van der Waals surface area (Å²) in [7, 11) is 0. The minimum absolute atomic E-state index is 0.588. The quantitative estimate of drug-likeness (QED) is 0.351. The summed E-state index contributed by atoms with van der Waals surface area (Å²) in [5.41, 5.74) is 5.37. The molecule has 1 saturated heterocycles. The maximum absolute atomic E-state index is 11.0. The minimum Gasteiger partial charge on any atom is -0.368 e. The number of allylic oxidation sites excluding steroid dienone is 1. The molecule has 0 unspecified atom stereocenters. The summed E-state index contributed by atoms with van der Waals surface area (Å²) >= 11 is 0. The van der Waals surface area contributed by atoms with E-state index in [1.807, 2.05) is 30.4 Å². The Morgan fingerprint density at radius 2 is 1.79 bits per heavy atom. The van der Waals surface area contributed by atoms with Crippen molar-refractivity contribution in [1.29, 1.82) is 0 Å². The molecule has 28 heavy (non-hydrogen) atoms. The largest absolute Gasteiger partial charge is 0.368 e.